The van der Waals surface area contributed by atoms with Crippen LogP contribution in [0.4, 0.5) is 0 Å². The number of hydrogen-bond acceptors (Lipinski definition) is 1. The van der Waals surface area contributed by atoms with E-state index in [2.05, 4.69) is 52.9 Å². The third-order valence-electron chi connectivity index (χ3n) is 10.8. The van der Waals surface area contributed by atoms with Gasteiger partial charge in [-0.25, -0.2) is 0 Å². The largest absolute Gasteiger partial charge is 0.314 e. The second kappa shape index (κ2) is 8.92. The molecule has 0 amide bonds. The van der Waals surface area contributed by atoms with Gasteiger partial charge >= 0.3 is 0 Å². The second-order valence-electron chi connectivity index (χ2n) is 12.8. The van der Waals surface area contributed by atoms with Gasteiger partial charge in [-0.05, 0) is 104 Å². The molecule has 4 aliphatic rings. The molecule has 1 heteroatoms. The van der Waals surface area contributed by atoms with Gasteiger partial charge in [0.2, 0.25) is 0 Å². The summed E-state index contributed by atoms with van der Waals surface area (Å²) in [5.41, 5.74) is 2.97. The summed E-state index contributed by atoms with van der Waals surface area (Å²) in [6.07, 6.45) is 18.7. The van der Waals surface area contributed by atoms with Crippen molar-refractivity contribution in [1.82, 2.24) is 5.32 Å². The van der Waals surface area contributed by atoms with Crippen LogP contribution < -0.4 is 5.32 Å². The van der Waals surface area contributed by atoms with E-state index in [0.717, 1.165) is 48.1 Å². The molecule has 3 saturated carbocycles. The summed E-state index contributed by atoms with van der Waals surface area (Å²) in [6, 6.07) is 0.738. The zero-order valence-electron chi connectivity index (χ0n) is 21.1. The molecule has 0 aromatic heterocycles. The maximum absolute atomic E-state index is 3.75. The Hall–Kier alpha value is -0.300. The van der Waals surface area contributed by atoms with Crippen LogP contribution >= 0.6 is 0 Å². The highest BCUT2D eigenvalue weighted by Gasteiger charge is 2.59. The predicted octanol–water partition coefficient (Wildman–Crippen LogP) is 8.01. The number of hydrogen-bond donors (Lipinski definition) is 1. The maximum atomic E-state index is 3.75. The third kappa shape index (κ3) is 3.95. The topological polar surface area (TPSA) is 12.0 Å². The van der Waals surface area contributed by atoms with Gasteiger partial charge in [0, 0.05) is 6.04 Å². The van der Waals surface area contributed by atoms with E-state index in [9.17, 15) is 0 Å². The molecule has 4 aliphatic carbocycles. The van der Waals surface area contributed by atoms with E-state index in [1.165, 1.54) is 70.6 Å². The lowest BCUT2D eigenvalue weighted by Crippen LogP contribution is -2.51. The van der Waals surface area contributed by atoms with Gasteiger partial charge < -0.3 is 5.32 Å². The number of allylic oxidation sites excluding steroid dienone is 1. The van der Waals surface area contributed by atoms with Crippen molar-refractivity contribution in [2.75, 3.05) is 6.54 Å². The third-order valence-corrected chi connectivity index (χ3v) is 10.8. The van der Waals surface area contributed by atoms with Gasteiger partial charge in [-0.2, -0.15) is 0 Å². The first kappa shape index (κ1) is 22.9. The summed E-state index contributed by atoms with van der Waals surface area (Å²) >= 11 is 0. The van der Waals surface area contributed by atoms with E-state index in [1.54, 1.807) is 0 Å². The van der Waals surface area contributed by atoms with E-state index in [1.807, 2.05) is 5.57 Å². The first-order valence-electron chi connectivity index (χ1n) is 13.7. The fraction of sp³-hybridized carbons (Fsp3) is 0.931. The molecule has 0 bridgehead atoms. The molecule has 4 rings (SSSR count). The SMILES string of the molecule is CCNC1CCC2(C)C(=CCC3C2CCC2(C)C3CCC2[C@H](C)CCCC(C)C)C1. The molecule has 3 fully saturated rings. The molecular weight excluding hydrogens is 362 g/mol. The van der Waals surface area contributed by atoms with Crippen molar-refractivity contribution in [3.63, 3.8) is 0 Å². The Labute approximate surface area is 188 Å². The molecule has 0 aliphatic heterocycles. The monoisotopic (exact) mass is 413 g/mol. The van der Waals surface area contributed by atoms with E-state index < -0.39 is 0 Å². The van der Waals surface area contributed by atoms with Crippen LogP contribution in [0, 0.1) is 46.3 Å². The molecule has 0 aromatic rings. The van der Waals surface area contributed by atoms with Gasteiger partial charge in [-0.15, -0.1) is 0 Å². The van der Waals surface area contributed by atoms with Crippen molar-refractivity contribution >= 4 is 0 Å². The molecule has 7 unspecified atom stereocenters. The molecule has 0 spiro atoms. The minimum Gasteiger partial charge on any atom is -0.314 e. The molecule has 0 saturated heterocycles. The van der Waals surface area contributed by atoms with Crippen molar-refractivity contribution in [1.29, 1.82) is 0 Å². The standard InChI is InChI=1S/C29H51N/c1-7-30-23-15-17-28(5)22(19-23)11-12-24-26-14-13-25(21(4)10-8-9-20(2)3)29(26,6)18-16-27(24)28/h11,20-21,23-27,30H,7-10,12-19H2,1-6H3/t21-,23?,24?,25?,26?,27?,28?,29?/m1/s1. The first-order valence-corrected chi connectivity index (χ1v) is 13.7. The van der Waals surface area contributed by atoms with Crippen LogP contribution in [0.3, 0.4) is 0 Å². The predicted molar refractivity (Wildman–Crippen MR) is 131 cm³/mol. The zero-order valence-corrected chi connectivity index (χ0v) is 21.1. The molecule has 1 nitrogen and oxygen atoms in total. The molecule has 30 heavy (non-hydrogen) atoms. The summed E-state index contributed by atoms with van der Waals surface area (Å²) < 4.78 is 0. The average Bonchev–Trinajstić information content (AvgIpc) is 3.05. The highest BCUT2D eigenvalue weighted by Crippen LogP contribution is 2.67. The molecule has 1 N–H and O–H groups in total. The van der Waals surface area contributed by atoms with Crippen LogP contribution in [0.1, 0.15) is 112 Å². The Kier molecular flexibility index (Phi) is 6.80. The van der Waals surface area contributed by atoms with Gasteiger partial charge in [0.15, 0.2) is 0 Å². The zero-order chi connectivity index (χ0) is 21.5. The smallest absolute Gasteiger partial charge is 0.0105 e. The highest BCUT2D eigenvalue weighted by molar-refractivity contribution is 5.26. The van der Waals surface area contributed by atoms with Crippen LogP contribution in [0.5, 0.6) is 0 Å². The average molecular weight is 414 g/mol. The molecule has 0 heterocycles. The lowest BCUT2D eigenvalue weighted by atomic mass is 9.47. The molecular formula is C29H51N. The molecule has 0 aromatic carbocycles. The van der Waals surface area contributed by atoms with Crippen molar-refractivity contribution in [3.05, 3.63) is 11.6 Å². The molecule has 8 atom stereocenters. The summed E-state index contributed by atoms with van der Waals surface area (Å²) in [7, 11) is 0. The molecule has 172 valence electrons. The fourth-order valence-electron chi connectivity index (χ4n) is 9.15. The highest BCUT2D eigenvalue weighted by atomic mass is 14.9. The van der Waals surface area contributed by atoms with Gasteiger partial charge in [-0.3, -0.25) is 0 Å². The van der Waals surface area contributed by atoms with Gasteiger partial charge in [0.05, 0.1) is 0 Å². The van der Waals surface area contributed by atoms with Gasteiger partial charge in [0.1, 0.15) is 0 Å². The number of rotatable bonds is 7. The molecule has 0 radical (unpaired) electrons. The van der Waals surface area contributed by atoms with Crippen molar-refractivity contribution in [3.8, 4) is 0 Å². The first-order chi connectivity index (χ1) is 14.3. The summed E-state index contributed by atoms with van der Waals surface area (Å²) in [5, 5.41) is 3.75. The Morgan fingerprint density at radius 1 is 1.00 bits per heavy atom. The van der Waals surface area contributed by atoms with Crippen molar-refractivity contribution in [2.45, 2.75) is 118 Å². The Morgan fingerprint density at radius 3 is 2.53 bits per heavy atom. The maximum Gasteiger partial charge on any atom is 0.0105 e. The van der Waals surface area contributed by atoms with Crippen LogP contribution in [0.25, 0.3) is 0 Å². The summed E-state index contributed by atoms with van der Waals surface area (Å²) in [4.78, 5) is 0. The van der Waals surface area contributed by atoms with Crippen LogP contribution in [0.2, 0.25) is 0 Å². The van der Waals surface area contributed by atoms with Gasteiger partial charge in [-0.1, -0.05) is 72.5 Å². The normalized spacial score (nSPS) is 44.2. The van der Waals surface area contributed by atoms with E-state index in [4.69, 9.17) is 0 Å². The quantitative estimate of drug-likeness (QED) is 0.417. The Balaban J connectivity index is 1.47. The van der Waals surface area contributed by atoms with Crippen molar-refractivity contribution < 1.29 is 0 Å². The number of nitrogens with one attached hydrogen (secondary N) is 1. The minimum atomic E-state index is 0.511. The van der Waals surface area contributed by atoms with Crippen LogP contribution in [-0.2, 0) is 0 Å². The Bertz CT molecular complexity index is 620. The lowest BCUT2D eigenvalue weighted by molar-refractivity contribution is -0.0514. The minimum absolute atomic E-state index is 0.511. The van der Waals surface area contributed by atoms with Crippen LogP contribution in [0.15, 0.2) is 11.6 Å². The van der Waals surface area contributed by atoms with Crippen molar-refractivity contribution in [2.24, 2.45) is 46.3 Å². The van der Waals surface area contributed by atoms with E-state index in [0.29, 0.717) is 10.8 Å². The summed E-state index contributed by atoms with van der Waals surface area (Å²) in [6.45, 7) is 16.2. The van der Waals surface area contributed by atoms with E-state index in [-0.39, 0.29) is 0 Å². The lowest BCUT2D eigenvalue weighted by Gasteiger charge is -2.58. The Morgan fingerprint density at radius 2 is 1.80 bits per heavy atom. The van der Waals surface area contributed by atoms with E-state index >= 15 is 0 Å². The fourth-order valence-corrected chi connectivity index (χ4v) is 9.15. The number of fused-ring (bicyclic) bond motifs is 5. The summed E-state index contributed by atoms with van der Waals surface area (Å²) in [5.74, 6) is 5.71. The second-order valence-corrected chi connectivity index (χ2v) is 12.8. The van der Waals surface area contributed by atoms with Crippen LogP contribution in [-0.4, -0.2) is 12.6 Å². The van der Waals surface area contributed by atoms with Gasteiger partial charge in [0.25, 0.3) is 0 Å².